The number of amides is 1. The average Bonchev–Trinajstić information content (AvgIpc) is 2.46. The Labute approximate surface area is 117 Å². The van der Waals surface area contributed by atoms with Crippen LogP contribution in [0.4, 0.5) is 4.39 Å². The van der Waals surface area contributed by atoms with Gasteiger partial charge in [-0.15, -0.1) is 0 Å². The Hall–Kier alpha value is -2.20. The van der Waals surface area contributed by atoms with Crippen molar-refractivity contribution in [1.82, 2.24) is 5.48 Å². The number of nitrogens with one attached hydrogen (secondary N) is 1. The first-order valence-electron chi connectivity index (χ1n) is 6.33. The SMILES string of the molecule is CONC(=O)CC(c1ccccc1)c1cccc(F)c1. The van der Waals surface area contributed by atoms with E-state index in [9.17, 15) is 9.18 Å². The van der Waals surface area contributed by atoms with Crippen LogP contribution in [-0.4, -0.2) is 13.0 Å². The predicted molar refractivity (Wildman–Crippen MR) is 74.5 cm³/mol. The fourth-order valence-corrected chi connectivity index (χ4v) is 2.18. The fourth-order valence-electron chi connectivity index (χ4n) is 2.18. The molecule has 2 aromatic carbocycles. The molecule has 0 radical (unpaired) electrons. The summed E-state index contributed by atoms with van der Waals surface area (Å²) in [4.78, 5) is 16.4. The van der Waals surface area contributed by atoms with Crippen molar-refractivity contribution in [1.29, 1.82) is 0 Å². The third-order valence-electron chi connectivity index (χ3n) is 3.06. The molecule has 2 aromatic rings. The second-order valence-electron chi connectivity index (χ2n) is 4.45. The van der Waals surface area contributed by atoms with Crippen molar-refractivity contribution in [3.8, 4) is 0 Å². The lowest BCUT2D eigenvalue weighted by Crippen LogP contribution is -2.24. The standard InChI is InChI=1S/C16H16FNO2/c1-20-18-16(19)11-15(12-6-3-2-4-7-12)13-8-5-9-14(17)10-13/h2-10,15H,11H2,1H3,(H,18,19). The van der Waals surface area contributed by atoms with Gasteiger partial charge in [0.25, 0.3) is 0 Å². The maximum Gasteiger partial charge on any atom is 0.244 e. The molecule has 0 bridgehead atoms. The van der Waals surface area contributed by atoms with E-state index in [0.717, 1.165) is 11.1 Å². The number of halogens is 1. The van der Waals surface area contributed by atoms with Crippen molar-refractivity contribution in [2.45, 2.75) is 12.3 Å². The van der Waals surface area contributed by atoms with E-state index in [1.54, 1.807) is 6.07 Å². The normalized spacial score (nSPS) is 11.9. The van der Waals surface area contributed by atoms with Gasteiger partial charge >= 0.3 is 0 Å². The molecular weight excluding hydrogens is 257 g/mol. The van der Waals surface area contributed by atoms with Gasteiger partial charge in [0.2, 0.25) is 5.91 Å². The Balaban J connectivity index is 2.31. The molecule has 4 heteroatoms. The van der Waals surface area contributed by atoms with Crippen LogP contribution in [0.1, 0.15) is 23.5 Å². The highest BCUT2D eigenvalue weighted by molar-refractivity contribution is 5.76. The zero-order chi connectivity index (χ0) is 14.4. The van der Waals surface area contributed by atoms with Crippen molar-refractivity contribution < 1.29 is 14.0 Å². The molecule has 0 heterocycles. The summed E-state index contributed by atoms with van der Waals surface area (Å²) in [6, 6.07) is 15.9. The van der Waals surface area contributed by atoms with Crippen molar-refractivity contribution in [2.75, 3.05) is 7.11 Å². The van der Waals surface area contributed by atoms with Crippen molar-refractivity contribution in [2.24, 2.45) is 0 Å². The van der Waals surface area contributed by atoms with Crippen LogP contribution < -0.4 is 5.48 Å². The Morgan fingerprint density at radius 2 is 1.85 bits per heavy atom. The van der Waals surface area contributed by atoms with E-state index in [-0.39, 0.29) is 24.1 Å². The second kappa shape index (κ2) is 6.82. The number of rotatable bonds is 5. The van der Waals surface area contributed by atoms with Crippen LogP contribution in [0.3, 0.4) is 0 Å². The summed E-state index contributed by atoms with van der Waals surface area (Å²) >= 11 is 0. The molecule has 0 spiro atoms. The number of carbonyl (C=O) groups excluding carboxylic acids is 1. The fraction of sp³-hybridized carbons (Fsp3) is 0.188. The molecule has 3 nitrogen and oxygen atoms in total. The molecule has 0 aromatic heterocycles. The van der Waals surface area contributed by atoms with Gasteiger partial charge in [0, 0.05) is 12.3 Å². The topological polar surface area (TPSA) is 38.3 Å². The number of hydrogen-bond donors (Lipinski definition) is 1. The second-order valence-corrected chi connectivity index (χ2v) is 4.45. The van der Waals surface area contributed by atoms with Gasteiger partial charge in [-0.2, -0.15) is 0 Å². The molecule has 0 saturated carbocycles. The Morgan fingerprint density at radius 3 is 2.50 bits per heavy atom. The third kappa shape index (κ3) is 3.65. The first-order chi connectivity index (χ1) is 9.70. The molecule has 1 unspecified atom stereocenters. The van der Waals surface area contributed by atoms with Crippen molar-refractivity contribution in [3.63, 3.8) is 0 Å². The maximum atomic E-state index is 13.4. The lowest BCUT2D eigenvalue weighted by Gasteiger charge is -2.17. The van der Waals surface area contributed by atoms with Gasteiger partial charge in [0.05, 0.1) is 7.11 Å². The van der Waals surface area contributed by atoms with Gasteiger partial charge < -0.3 is 0 Å². The first-order valence-corrected chi connectivity index (χ1v) is 6.33. The molecule has 0 saturated heterocycles. The molecule has 0 aliphatic carbocycles. The summed E-state index contributed by atoms with van der Waals surface area (Å²) in [5.74, 6) is -0.761. The molecule has 1 atom stereocenters. The highest BCUT2D eigenvalue weighted by atomic mass is 19.1. The smallest absolute Gasteiger partial charge is 0.244 e. The summed E-state index contributed by atoms with van der Waals surface area (Å²) < 4.78 is 13.4. The number of benzene rings is 2. The van der Waals surface area contributed by atoms with Crippen molar-refractivity contribution >= 4 is 5.91 Å². The van der Waals surface area contributed by atoms with Crippen LogP contribution in [0.2, 0.25) is 0 Å². The minimum absolute atomic E-state index is 0.196. The van der Waals surface area contributed by atoms with Gasteiger partial charge in [0.1, 0.15) is 5.82 Å². The maximum absolute atomic E-state index is 13.4. The van der Waals surface area contributed by atoms with Crippen LogP contribution in [-0.2, 0) is 9.63 Å². The minimum atomic E-state index is -0.310. The highest BCUT2D eigenvalue weighted by Gasteiger charge is 2.18. The Bertz CT molecular complexity index is 572. The zero-order valence-corrected chi connectivity index (χ0v) is 11.2. The average molecular weight is 273 g/mol. The van der Waals surface area contributed by atoms with Crippen LogP contribution in [0.15, 0.2) is 54.6 Å². The Kier molecular flexibility index (Phi) is 4.85. The van der Waals surface area contributed by atoms with E-state index < -0.39 is 0 Å². The van der Waals surface area contributed by atoms with Gasteiger partial charge in [-0.05, 0) is 23.3 Å². The molecule has 0 fully saturated rings. The molecular formula is C16H16FNO2. The zero-order valence-electron chi connectivity index (χ0n) is 11.2. The summed E-state index contributed by atoms with van der Waals surface area (Å²) in [7, 11) is 1.39. The van der Waals surface area contributed by atoms with E-state index in [0.29, 0.717) is 0 Å². The van der Waals surface area contributed by atoms with Crippen LogP contribution in [0.5, 0.6) is 0 Å². The molecule has 2 rings (SSSR count). The van der Waals surface area contributed by atoms with Crippen LogP contribution in [0, 0.1) is 5.82 Å². The summed E-state index contributed by atoms with van der Waals surface area (Å²) in [5.41, 5.74) is 4.03. The first kappa shape index (κ1) is 14.2. The molecule has 20 heavy (non-hydrogen) atoms. The number of hydroxylamine groups is 1. The minimum Gasteiger partial charge on any atom is -0.277 e. The van der Waals surface area contributed by atoms with Gasteiger partial charge in [-0.25, -0.2) is 9.87 Å². The number of hydrogen-bond acceptors (Lipinski definition) is 2. The molecule has 1 amide bonds. The highest BCUT2D eigenvalue weighted by Crippen LogP contribution is 2.28. The van der Waals surface area contributed by atoms with Gasteiger partial charge in [0.15, 0.2) is 0 Å². The van der Waals surface area contributed by atoms with E-state index in [4.69, 9.17) is 0 Å². The summed E-state index contributed by atoms with van der Waals surface area (Å²) in [6.45, 7) is 0. The molecule has 0 aliphatic heterocycles. The predicted octanol–water partition coefficient (Wildman–Crippen LogP) is 3.03. The molecule has 104 valence electrons. The van der Waals surface area contributed by atoms with E-state index in [1.807, 2.05) is 36.4 Å². The summed E-state index contributed by atoms with van der Waals surface area (Å²) in [6.07, 6.45) is 0.196. The molecule has 0 aliphatic rings. The van der Waals surface area contributed by atoms with Crippen LogP contribution >= 0.6 is 0 Å². The van der Waals surface area contributed by atoms with Gasteiger partial charge in [-0.3, -0.25) is 9.63 Å². The van der Waals surface area contributed by atoms with E-state index in [2.05, 4.69) is 10.3 Å². The van der Waals surface area contributed by atoms with Crippen LogP contribution in [0.25, 0.3) is 0 Å². The number of carbonyl (C=O) groups is 1. The lowest BCUT2D eigenvalue weighted by molar-refractivity contribution is -0.131. The molecule has 1 N–H and O–H groups in total. The lowest BCUT2D eigenvalue weighted by atomic mass is 9.88. The van der Waals surface area contributed by atoms with Gasteiger partial charge in [-0.1, -0.05) is 42.5 Å². The van der Waals surface area contributed by atoms with E-state index in [1.165, 1.54) is 19.2 Å². The Morgan fingerprint density at radius 1 is 1.15 bits per heavy atom. The largest absolute Gasteiger partial charge is 0.277 e. The quantitative estimate of drug-likeness (QED) is 0.850. The van der Waals surface area contributed by atoms with E-state index >= 15 is 0 Å². The monoisotopic (exact) mass is 273 g/mol. The van der Waals surface area contributed by atoms with Crippen molar-refractivity contribution in [3.05, 3.63) is 71.5 Å². The third-order valence-corrected chi connectivity index (χ3v) is 3.06. The summed E-state index contributed by atoms with van der Waals surface area (Å²) in [5, 5.41) is 0.